The van der Waals surface area contributed by atoms with Crippen LogP contribution in [0.5, 0.6) is 0 Å². The summed E-state index contributed by atoms with van der Waals surface area (Å²) in [6.45, 7) is 1.59. The molecule has 0 aliphatic heterocycles. The zero-order valence-electron chi connectivity index (χ0n) is 16.9. The van der Waals surface area contributed by atoms with E-state index in [1.165, 1.54) is 49.1 Å². The number of nitrogens with zero attached hydrogens (tertiary/aromatic N) is 6. The van der Waals surface area contributed by atoms with Crippen LogP contribution in [-0.2, 0) is 17.1 Å². The Balaban J connectivity index is 0.000000602. The third-order valence-electron chi connectivity index (χ3n) is 3.33. The Morgan fingerprint density at radius 1 is 0.636 bits per heavy atom. The van der Waals surface area contributed by atoms with Crippen LogP contribution in [-0.4, -0.2) is 55.8 Å². The second kappa shape index (κ2) is 13.3. The fourth-order valence-corrected chi connectivity index (χ4v) is 1.50. The molecule has 1 radical (unpaired) electrons. The fourth-order valence-electron chi connectivity index (χ4n) is 1.50. The van der Waals surface area contributed by atoms with Crippen molar-refractivity contribution in [2.24, 2.45) is 20.4 Å². The van der Waals surface area contributed by atoms with Gasteiger partial charge in [-0.05, 0) is 38.1 Å². The monoisotopic (exact) mass is 527 g/mol. The van der Waals surface area contributed by atoms with Crippen molar-refractivity contribution in [3.8, 4) is 0 Å². The third kappa shape index (κ3) is 11.2. The summed E-state index contributed by atoms with van der Waals surface area (Å²) in [6.07, 6.45) is -3.36. The van der Waals surface area contributed by atoms with Crippen LogP contribution < -0.4 is 0 Å². The molecule has 33 heavy (non-hydrogen) atoms. The van der Waals surface area contributed by atoms with E-state index >= 15 is 0 Å². The number of aromatic nitrogens is 2. The van der Waals surface area contributed by atoms with Crippen molar-refractivity contribution in [1.29, 1.82) is 0 Å². The summed E-state index contributed by atoms with van der Waals surface area (Å²) < 4.78 is 72.2. The minimum Gasteiger partial charge on any atom is -0.577 e. The van der Waals surface area contributed by atoms with Crippen molar-refractivity contribution in [2.45, 2.75) is 26.2 Å². The van der Waals surface area contributed by atoms with Crippen molar-refractivity contribution in [3.63, 3.8) is 0 Å². The van der Waals surface area contributed by atoms with Crippen LogP contribution in [0.15, 0.2) is 69.5 Å². The maximum Gasteiger partial charge on any atom is 0.431 e. The number of pyridine rings is 2. The summed E-state index contributed by atoms with van der Waals surface area (Å²) in [6, 6.07) is 5.85. The molecule has 0 fully saturated rings. The first-order valence-electron chi connectivity index (χ1n) is 8.45. The maximum absolute atomic E-state index is 12.0. The molecule has 8 nitrogen and oxygen atoms in total. The van der Waals surface area contributed by atoms with Gasteiger partial charge < -0.3 is 10.2 Å². The molecule has 0 saturated carbocycles. The molecule has 0 saturated heterocycles. The van der Waals surface area contributed by atoms with E-state index in [0.717, 1.165) is 13.8 Å². The van der Waals surface area contributed by atoms with Crippen molar-refractivity contribution in [1.82, 2.24) is 9.97 Å². The van der Waals surface area contributed by atoms with Crippen LogP contribution in [0.4, 0.5) is 26.3 Å². The topological polar surface area (TPSA) is 121 Å². The minimum atomic E-state index is -4.51. The zero-order valence-corrected chi connectivity index (χ0v) is 17.8. The molecular weight excluding hydrogens is 510 g/mol. The van der Waals surface area contributed by atoms with Crippen molar-refractivity contribution in [2.75, 3.05) is 0 Å². The van der Waals surface area contributed by atoms with Gasteiger partial charge in [-0.1, -0.05) is 10.2 Å². The van der Waals surface area contributed by atoms with Crippen LogP contribution in [0, 0.1) is 0 Å². The smallest absolute Gasteiger partial charge is 0.431 e. The molecule has 15 heteroatoms. The molecule has 0 spiro atoms. The molecule has 183 valence electrons. The quantitative estimate of drug-likeness (QED) is 0.152. The van der Waals surface area contributed by atoms with Crippen LogP contribution >= 0.6 is 0 Å². The van der Waals surface area contributed by atoms with E-state index in [9.17, 15) is 26.3 Å². The summed E-state index contributed by atoms with van der Waals surface area (Å²) in [7, 11) is 0. The average molecular weight is 528 g/mol. The van der Waals surface area contributed by atoms with Gasteiger partial charge in [0, 0.05) is 41.9 Å². The van der Waals surface area contributed by atoms with Crippen molar-refractivity contribution in [3.05, 3.63) is 60.2 Å². The SMILES string of the molecule is CC(=N/N=C(\[OH2+])c1ccncc1)C(F)(F)F.CC(=N/N=C(\[OH2+])c1ccncc1)C(F)(F)F.[Cu]. The standard InChI is InChI=1S/2C9H8F3N3O.Cu/c2*1-6(9(10,11)12)14-15-8(16)7-2-4-13-5-3-7;/h2*2-5H,1H3,(H,15,16);/p+2. The number of hydrogen-bond acceptors (Lipinski definition) is 6. The Labute approximate surface area is 194 Å². The normalized spacial score (nSPS) is 13.6. The van der Waals surface area contributed by atoms with Gasteiger partial charge in [0.05, 0.1) is 11.1 Å². The summed E-state index contributed by atoms with van der Waals surface area (Å²) >= 11 is 0. The van der Waals surface area contributed by atoms with Gasteiger partial charge in [-0.2, -0.15) is 26.3 Å². The van der Waals surface area contributed by atoms with Gasteiger partial charge in [0.25, 0.3) is 0 Å². The van der Waals surface area contributed by atoms with Crippen molar-refractivity contribution >= 4 is 23.2 Å². The van der Waals surface area contributed by atoms with E-state index in [-0.39, 0.29) is 28.9 Å². The van der Waals surface area contributed by atoms with Gasteiger partial charge in [0.15, 0.2) is 0 Å². The first kappa shape index (κ1) is 29.7. The summed E-state index contributed by atoms with van der Waals surface area (Å²) in [4.78, 5) is 7.42. The van der Waals surface area contributed by atoms with Gasteiger partial charge in [0.1, 0.15) is 11.4 Å². The molecule has 2 rings (SSSR count). The molecule has 4 N–H and O–H groups in total. The Kier molecular flexibility index (Phi) is 11.9. The largest absolute Gasteiger partial charge is 0.577 e. The molecule has 0 atom stereocenters. The molecule has 0 unspecified atom stereocenters. The molecule has 0 amide bonds. The van der Waals surface area contributed by atoms with E-state index < -0.39 is 23.8 Å². The Bertz CT molecular complexity index is 911. The van der Waals surface area contributed by atoms with E-state index in [2.05, 4.69) is 30.4 Å². The molecule has 0 aliphatic rings. The summed E-state index contributed by atoms with van der Waals surface area (Å²) in [5.74, 6) is -0.683. The number of halogens is 6. The van der Waals surface area contributed by atoms with Gasteiger partial charge in [-0.3, -0.25) is 9.97 Å². The molecule has 0 bridgehead atoms. The number of hydrogen-bond donors (Lipinski definition) is 0. The molecule has 2 heterocycles. The Morgan fingerprint density at radius 3 is 1.15 bits per heavy atom. The third-order valence-corrected chi connectivity index (χ3v) is 3.33. The second-order valence-electron chi connectivity index (χ2n) is 5.74. The summed E-state index contributed by atoms with van der Waals surface area (Å²) in [5.41, 5.74) is -1.47. The second-order valence-corrected chi connectivity index (χ2v) is 5.74. The average Bonchev–Trinajstić information content (AvgIpc) is 2.75. The minimum absolute atomic E-state index is 0. The number of rotatable bonds is 4. The van der Waals surface area contributed by atoms with Crippen LogP contribution in [0.25, 0.3) is 0 Å². The van der Waals surface area contributed by atoms with E-state index in [4.69, 9.17) is 10.2 Å². The zero-order chi connectivity index (χ0) is 24.4. The summed E-state index contributed by atoms with van der Waals surface area (Å²) in [5, 5.41) is 27.0. The molecule has 0 aliphatic carbocycles. The molecule has 2 aromatic rings. The van der Waals surface area contributed by atoms with Crippen LogP contribution in [0.3, 0.4) is 0 Å². The van der Waals surface area contributed by atoms with Gasteiger partial charge >= 0.3 is 24.1 Å². The Hall–Kier alpha value is -3.32. The van der Waals surface area contributed by atoms with Gasteiger partial charge in [-0.25, -0.2) is 0 Å². The molecule has 2 aromatic heterocycles. The predicted molar refractivity (Wildman–Crippen MR) is 107 cm³/mol. The first-order chi connectivity index (χ1) is 14.8. The van der Waals surface area contributed by atoms with E-state index in [1.807, 2.05) is 0 Å². The number of alkyl halides is 6. The van der Waals surface area contributed by atoms with Crippen LogP contribution in [0.2, 0.25) is 0 Å². The van der Waals surface area contributed by atoms with Crippen molar-refractivity contribution < 1.29 is 53.6 Å². The first-order valence-corrected chi connectivity index (χ1v) is 8.45. The molecular formula is C18H18CuF6N6O2+2. The maximum atomic E-state index is 12.0. The van der Waals surface area contributed by atoms with E-state index in [1.54, 1.807) is 0 Å². The molecule has 0 aromatic carbocycles. The predicted octanol–water partition coefficient (Wildman–Crippen LogP) is 2.98. The van der Waals surface area contributed by atoms with E-state index in [0.29, 0.717) is 11.1 Å². The fraction of sp³-hybridized carbons (Fsp3) is 0.222. The van der Waals surface area contributed by atoms with Crippen LogP contribution in [0.1, 0.15) is 25.0 Å². The van der Waals surface area contributed by atoms with Gasteiger partial charge in [0.2, 0.25) is 0 Å². The Morgan fingerprint density at radius 2 is 0.909 bits per heavy atom. The van der Waals surface area contributed by atoms with Gasteiger partial charge in [-0.15, -0.1) is 10.2 Å².